The molecule has 2 amide bonds. The smallest absolute Gasteiger partial charge is 0.265 e. The van der Waals surface area contributed by atoms with Gasteiger partial charge < -0.3 is 15.0 Å². The average Bonchev–Trinajstić information content (AvgIpc) is 3.22. The minimum Gasteiger partial charge on any atom is -0.481 e. The van der Waals surface area contributed by atoms with Gasteiger partial charge in [0.2, 0.25) is 0 Å². The van der Waals surface area contributed by atoms with E-state index in [2.05, 4.69) is 5.32 Å². The van der Waals surface area contributed by atoms with Crippen LogP contribution in [-0.4, -0.2) is 35.9 Å². The molecule has 1 heterocycles. The van der Waals surface area contributed by atoms with Gasteiger partial charge in [-0.25, -0.2) is 0 Å². The van der Waals surface area contributed by atoms with Crippen molar-refractivity contribution < 1.29 is 14.3 Å². The largest absolute Gasteiger partial charge is 0.481 e. The number of benzene rings is 2. The monoisotopic (exact) mass is 386 g/mol. The molecule has 1 unspecified atom stereocenters. The fourth-order valence-electron chi connectivity index (χ4n) is 3.08. The van der Waals surface area contributed by atoms with Gasteiger partial charge in [0.15, 0.2) is 6.10 Å². The van der Waals surface area contributed by atoms with Gasteiger partial charge in [0.25, 0.3) is 11.8 Å². The van der Waals surface area contributed by atoms with E-state index in [9.17, 15) is 9.59 Å². The number of para-hydroxylation sites is 1. The lowest BCUT2D eigenvalue weighted by molar-refractivity contribution is -0.122. The summed E-state index contributed by atoms with van der Waals surface area (Å²) in [6, 6.07) is 14.0. The van der Waals surface area contributed by atoms with E-state index in [1.165, 1.54) is 0 Å². The first-order valence-corrected chi connectivity index (χ1v) is 9.57. The molecule has 1 saturated heterocycles. The predicted molar refractivity (Wildman–Crippen MR) is 106 cm³/mol. The molecule has 1 atom stereocenters. The molecular weight excluding hydrogens is 364 g/mol. The molecule has 6 heteroatoms. The second-order valence-corrected chi connectivity index (χ2v) is 6.94. The highest BCUT2D eigenvalue weighted by molar-refractivity contribution is 6.30. The quantitative estimate of drug-likeness (QED) is 0.801. The van der Waals surface area contributed by atoms with E-state index in [-0.39, 0.29) is 11.8 Å². The van der Waals surface area contributed by atoms with Crippen LogP contribution in [0.5, 0.6) is 5.75 Å². The van der Waals surface area contributed by atoms with Crippen molar-refractivity contribution in [3.05, 3.63) is 59.1 Å². The summed E-state index contributed by atoms with van der Waals surface area (Å²) in [6.45, 7) is 3.40. The van der Waals surface area contributed by atoms with Crippen molar-refractivity contribution in [1.82, 2.24) is 4.90 Å². The molecule has 1 aliphatic rings. The molecule has 0 spiro atoms. The Morgan fingerprint density at radius 1 is 1.11 bits per heavy atom. The first-order valence-electron chi connectivity index (χ1n) is 9.20. The number of ether oxygens (including phenoxy) is 1. The fraction of sp³-hybridized carbons (Fsp3) is 0.333. The molecule has 1 fully saturated rings. The number of hydrogen-bond donors (Lipinski definition) is 1. The lowest BCUT2D eigenvalue weighted by Crippen LogP contribution is -2.34. The first kappa shape index (κ1) is 19.2. The zero-order chi connectivity index (χ0) is 19.2. The lowest BCUT2D eigenvalue weighted by atomic mass is 10.1. The van der Waals surface area contributed by atoms with Crippen molar-refractivity contribution in [2.75, 3.05) is 18.4 Å². The molecule has 27 heavy (non-hydrogen) atoms. The third-order valence-electron chi connectivity index (χ3n) is 4.56. The molecule has 0 bridgehead atoms. The van der Waals surface area contributed by atoms with Gasteiger partial charge in [-0.05, 0) is 55.7 Å². The van der Waals surface area contributed by atoms with E-state index in [4.69, 9.17) is 16.3 Å². The average molecular weight is 387 g/mol. The number of nitrogens with one attached hydrogen (secondary N) is 1. The minimum atomic E-state index is -0.666. The number of hydrogen-bond acceptors (Lipinski definition) is 3. The summed E-state index contributed by atoms with van der Waals surface area (Å²) in [5, 5.41) is 3.47. The molecule has 3 rings (SSSR count). The van der Waals surface area contributed by atoms with Crippen molar-refractivity contribution >= 4 is 29.1 Å². The number of nitrogens with zero attached hydrogens (tertiary/aromatic N) is 1. The van der Waals surface area contributed by atoms with E-state index in [1.807, 2.05) is 11.8 Å². The summed E-state index contributed by atoms with van der Waals surface area (Å²) in [5.74, 6) is 0.243. The number of carbonyl (C=O) groups is 2. The van der Waals surface area contributed by atoms with Crippen molar-refractivity contribution in [3.63, 3.8) is 0 Å². The van der Waals surface area contributed by atoms with Crippen LogP contribution in [0.1, 0.15) is 36.5 Å². The van der Waals surface area contributed by atoms with Crippen LogP contribution < -0.4 is 10.1 Å². The number of anilines is 1. The molecular formula is C21H23ClN2O3. The molecule has 0 aliphatic carbocycles. The van der Waals surface area contributed by atoms with Crippen LogP contribution in [0.3, 0.4) is 0 Å². The number of halogens is 1. The Bertz CT molecular complexity index is 801. The Morgan fingerprint density at radius 3 is 2.44 bits per heavy atom. The maximum Gasteiger partial charge on any atom is 0.265 e. The second kappa shape index (κ2) is 8.91. The molecule has 1 aliphatic heterocycles. The Kier molecular flexibility index (Phi) is 6.35. The van der Waals surface area contributed by atoms with Crippen LogP contribution in [0, 0.1) is 0 Å². The number of amides is 2. The second-order valence-electron chi connectivity index (χ2n) is 6.50. The van der Waals surface area contributed by atoms with Crippen LogP contribution >= 0.6 is 11.6 Å². The van der Waals surface area contributed by atoms with E-state index >= 15 is 0 Å². The van der Waals surface area contributed by atoms with Crippen LogP contribution in [0.15, 0.2) is 48.5 Å². The third-order valence-corrected chi connectivity index (χ3v) is 4.82. The van der Waals surface area contributed by atoms with Gasteiger partial charge in [0.05, 0.1) is 11.3 Å². The third kappa shape index (κ3) is 4.80. The molecule has 2 aromatic carbocycles. The standard InChI is InChI=1S/C21H23ClN2O3/c1-2-19(27-16-11-9-15(22)10-12-16)20(25)23-18-8-4-3-7-17(18)21(26)24-13-5-6-14-24/h3-4,7-12,19H,2,5-6,13-14H2,1H3,(H,23,25). The van der Waals surface area contributed by atoms with Gasteiger partial charge in [0.1, 0.15) is 5.75 Å². The highest BCUT2D eigenvalue weighted by atomic mass is 35.5. The number of carbonyl (C=O) groups excluding carboxylic acids is 2. The number of rotatable bonds is 6. The van der Waals surface area contributed by atoms with Crippen molar-refractivity contribution in [2.24, 2.45) is 0 Å². The predicted octanol–water partition coefficient (Wildman–Crippen LogP) is 4.37. The lowest BCUT2D eigenvalue weighted by Gasteiger charge is -2.20. The Morgan fingerprint density at radius 2 is 1.78 bits per heavy atom. The molecule has 142 valence electrons. The summed E-state index contributed by atoms with van der Waals surface area (Å²) in [6.07, 6.45) is 1.87. The van der Waals surface area contributed by atoms with E-state index in [1.54, 1.807) is 48.5 Å². The number of likely N-dealkylation sites (tertiary alicyclic amines) is 1. The maximum atomic E-state index is 12.7. The molecule has 0 radical (unpaired) electrons. The maximum absolute atomic E-state index is 12.7. The molecule has 0 saturated carbocycles. The van der Waals surface area contributed by atoms with Crippen LogP contribution in [0.4, 0.5) is 5.69 Å². The summed E-state index contributed by atoms with van der Waals surface area (Å²) in [7, 11) is 0. The highest BCUT2D eigenvalue weighted by Crippen LogP contribution is 2.22. The van der Waals surface area contributed by atoms with Crippen molar-refractivity contribution in [2.45, 2.75) is 32.3 Å². The molecule has 0 aromatic heterocycles. The van der Waals surface area contributed by atoms with E-state index in [0.717, 1.165) is 25.9 Å². The normalized spacial score (nSPS) is 14.7. The van der Waals surface area contributed by atoms with Gasteiger partial charge >= 0.3 is 0 Å². The van der Waals surface area contributed by atoms with Crippen LogP contribution in [0.25, 0.3) is 0 Å². The first-order chi connectivity index (χ1) is 13.1. The van der Waals surface area contributed by atoms with Gasteiger partial charge in [-0.1, -0.05) is 30.7 Å². The van der Waals surface area contributed by atoms with E-state index < -0.39 is 6.10 Å². The van der Waals surface area contributed by atoms with Gasteiger partial charge in [-0.15, -0.1) is 0 Å². The molecule has 1 N–H and O–H groups in total. The van der Waals surface area contributed by atoms with Crippen LogP contribution in [-0.2, 0) is 4.79 Å². The summed E-state index contributed by atoms with van der Waals surface area (Å²) >= 11 is 5.88. The summed E-state index contributed by atoms with van der Waals surface area (Å²) in [4.78, 5) is 27.3. The van der Waals surface area contributed by atoms with Gasteiger partial charge in [0, 0.05) is 18.1 Å². The molecule has 2 aromatic rings. The van der Waals surface area contributed by atoms with Crippen LogP contribution in [0.2, 0.25) is 5.02 Å². The SMILES string of the molecule is CCC(Oc1ccc(Cl)cc1)C(=O)Nc1ccccc1C(=O)N1CCCC1. The zero-order valence-corrected chi connectivity index (χ0v) is 16.0. The minimum absolute atomic E-state index is 0.0462. The van der Waals surface area contributed by atoms with Gasteiger partial charge in [-0.3, -0.25) is 9.59 Å². The topological polar surface area (TPSA) is 58.6 Å². The van der Waals surface area contributed by atoms with Gasteiger partial charge in [-0.2, -0.15) is 0 Å². The Labute approximate surface area is 164 Å². The Hall–Kier alpha value is -2.53. The highest BCUT2D eigenvalue weighted by Gasteiger charge is 2.24. The fourth-order valence-corrected chi connectivity index (χ4v) is 3.21. The van der Waals surface area contributed by atoms with Crippen molar-refractivity contribution in [3.8, 4) is 5.75 Å². The summed E-state index contributed by atoms with van der Waals surface area (Å²) < 4.78 is 5.79. The molecule has 5 nitrogen and oxygen atoms in total. The Balaban J connectivity index is 1.72. The van der Waals surface area contributed by atoms with E-state index in [0.29, 0.717) is 28.4 Å². The summed E-state index contributed by atoms with van der Waals surface area (Å²) in [5.41, 5.74) is 1.02. The van der Waals surface area contributed by atoms with Crippen molar-refractivity contribution in [1.29, 1.82) is 0 Å². The zero-order valence-electron chi connectivity index (χ0n) is 15.3.